The Morgan fingerprint density at radius 2 is 2.10 bits per heavy atom. The van der Waals surface area contributed by atoms with Gasteiger partial charge < -0.3 is 11.1 Å². The van der Waals surface area contributed by atoms with Gasteiger partial charge in [-0.25, -0.2) is 15.0 Å². The van der Waals surface area contributed by atoms with Gasteiger partial charge in [0, 0.05) is 22.1 Å². The number of nitrogens with two attached hydrogens (primary N) is 1. The van der Waals surface area contributed by atoms with Crippen molar-refractivity contribution in [1.29, 1.82) is 0 Å². The third-order valence-electron chi connectivity index (χ3n) is 3.02. The van der Waals surface area contributed by atoms with Crippen molar-refractivity contribution < 1.29 is 0 Å². The monoisotopic (exact) mass is 285 g/mol. The zero-order valence-corrected chi connectivity index (χ0v) is 12.1. The molecule has 0 amide bonds. The zero-order chi connectivity index (χ0) is 14.1. The predicted octanol–water partition coefficient (Wildman–Crippen LogP) is 3.15. The van der Waals surface area contributed by atoms with Crippen molar-refractivity contribution >= 4 is 33.7 Å². The topological polar surface area (TPSA) is 76.7 Å². The van der Waals surface area contributed by atoms with E-state index < -0.39 is 0 Å². The Kier molecular flexibility index (Phi) is 3.23. The Bertz CT molecular complexity index is 752. The lowest BCUT2D eigenvalue weighted by atomic mass is 10.2. The molecule has 1 aromatic carbocycles. The van der Waals surface area contributed by atoms with Gasteiger partial charge in [-0.05, 0) is 32.0 Å². The highest BCUT2D eigenvalue weighted by atomic mass is 32.1. The van der Waals surface area contributed by atoms with Gasteiger partial charge in [-0.2, -0.15) is 0 Å². The molecule has 1 atom stereocenters. The lowest BCUT2D eigenvalue weighted by Crippen LogP contribution is -2.08. The molecule has 102 valence electrons. The van der Waals surface area contributed by atoms with E-state index in [0.717, 1.165) is 21.7 Å². The van der Waals surface area contributed by atoms with E-state index in [9.17, 15) is 0 Å². The molecule has 1 unspecified atom stereocenters. The van der Waals surface area contributed by atoms with Crippen LogP contribution in [0.5, 0.6) is 0 Å². The largest absolute Gasteiger partial charge is 0.399 e. The second kappa shape index (κ2) is 5.05. The standard InChI is InChI=1S/C14H15N5S/c1-8-6-16-14(20-8)9(2)19-13-11-4-3-10(15)5-12(11)17-7-18-13/h3-7,9H,15H2,1-2H3,(H,17,18,19). The first-order valence-corrected chi connectivity index (χ1v) is 7.14. The normalized spacial score (nSPS) is 12.5. The van der Waals surface area contributed by atoms with Crippen molar-refractivity contribution in [2.45, 2.75) is 19.9 Å². The summed E-state index contributed by atoms with van der Waals surface area (Å²) < 4.78 is 0. The molecule has 3 aromatic rings. The Hall–Kier alpha value is -2.21. The molecule has 0 saturated heterocycles. The van der Waals surface area contributed by atoms with Crippen molar-refractivity contribution in [3.63, 3.8) is 0 Å². The number of anilines is 2. The molecule has 0 fully saturated rings. The number of hydrogen-bond donors (Lipinski definition) is 2. The van der Waals surface area contributed by atoms with Gasteiger partial charge in [0.1, 0.15) is 17.2 Å². The fourth-order valence-electron chi connectivity index (χ4n) is 2.03. The fraction of sp³-hybridized carbons (Fsp3) is 0.214. The molecule has 3 N–H and O–H groups in total. The maximum Gasteiger partial charge on any atom is 0.137 e. The lowest BCUT2D eigenvalue weighted by Gasteiger charge is -2.13. The van der Waals surface area contributed by atoms with Gasteiger partial charge in [0.25, 0.3) is 0 Å². The van der Waals surface area contributed by atoms with Crippen LogP contribution in [0.15, 0.2) is 30.7 Å². The number of fused-ring (bicyclic) bond motifs is 1. The van der Waals surface area contributed by atoms with Crippen LogP contribution >= 0.6 is 11.3 Å². The minimum Gasteiger partial charge on any atom is -0.399 e. The first kappa shape index (κ1) is 12.8. The molecule has 0 bridgehead atoms. The summed E-state index contributed by atoms with van der Waals surface area (Å²) in [5, 5.41) is 5.40. The quantitative estimate of drug-likeness (QED) is 0.723. The molecule has 3 rings (SSSR count). The zero-order valence-electron chi connectivity index (χ0n) is 11.3. The van der Waals surface area contributed by atoms with Crippen LogP contribution in [-0.2, 0) is 0 Å². The highest BCUT2D eigenvalue weighted by molar-refractivity contribution is 7.11. The molecule has 0 radical (unpaired) electrons. The summed E-state index contributed by atoms with van der Waals surface area (Å²) in [7, 11) is 0. The van der Waals surface area contributed by atoms with E-state index in [2.05, 4.69) is 34.1 Å². The van der Waals surface area contributed by atoms with Crippen molar-refractivity contribution in [3.05, 3.63) is 40.6 Å². The summed E-state index contributed by atoms with van der Waals surface area (Å²) in [5.74, 6) is 0.801. The molecule has 2 aromatic heterocycles. The predicted molar refractivity (Wildman–Crippen MR) is 82.8 cm³/mol. The van der Waals surface area contributed by atoms with Crippen LogP contribution in [0.2, 0.25) is 0 Å². The third-order valence-corrected chi connectivity index (χ3v) is 4.12. The Balaban J connectivity index is 1.94. The summed E-state index contributed by atoms with van der Waals surface area (Å²) >= 11 is 1.69. The lowest BCUT2D eigenvalue weighted by molar-refractivity contribution is 0.862. The van der Waals surface area contributed by atoms with Crippen LogP contribution in [0, 0.1) is 6.92 Å². The number of benzene rings is 1. The molecular formula is C14H15N5S. The highest BCUT2D eigenvalue weighted by Crippen LogP contribution is 2.26. The fourth-order valence-corrected chi connectivity index (χ4v) is 2.80. The van der Waals surface area contributed by atoms with E-state index >= 15 is 0 Å². The van der Waals surface area contributed by atoms with Crippen LogP contribution in [0.3, 0.4) is 0 Å². The van der Waals surface area contributed by atoms with Crippen LogP contribution in [0.1, 0.15) is 22.9 Å². The number of aromatic nitrogens is 3. The van der Waals surface area contributed by atoms with Gasteiger partial charge >= 0.3 is 0 Å². The second-order valence-electron chi connectivity index (χ2n) is 4.67. The number of thiazole rings is 1. The maximum atomic E-state index is 5.78. The molecule has 6 heteroatoms. The summed E-state index contributed by atoms with van der Waals surface area (Å²) in [4.78, 5) is 14.2. The van der Waals surface area contributed by atoms with Crippen molar-refractivity contribution in [1.82, 2.24) is 15.0 Å². The average molecular weight is 285 g/mol. The molecule has 0 saturated carbocycles. The smallest absolute Gasteiger partial charge is 0.137 e. The molecule has 0 aliphatic rings. The van der Waals surface area contributed by atoms with Crippen molar-refractivity contribution in [3.8, 4) is 0 Å². The van der Waals surface area contributed by atoms with Crippen LogP contribution in [0.4, 0.5) is 11.5 Å². The van der Waals surface area contributed by atoms with E-state index in [0.29, 0.717) is 5.69 Å². The van der Waals surface area contributed by atoms with Crippen LogP contribution < -0.4 is 11.1 Å². The highest BCUT2D eigenvalue weighted by Gasteiger charge is 2.12. The summed E-state index contributed by atoms with van der Waals surface area (Å²) in [6.45, 7) is 4.13. The number of nitrogens with zero attached hydrogens (tertiary/aromatic N) is 3. The maximum absolute atomic E-state index is 5.78. The van der Waals surface area contributed by atoms with E-state index in [1.165, 1.54) is 4.88 Å². The molecular weight excluding hydrogens is 270 g/mol. The Morgan fingerprint density at radius 1 is 1.25 bits per heavy atom. The van der Waals surface area contributed by atoms with Gasteiger partial charge in [-0.15, -0.1) is 11.3 Å². The summed E-state index contributed by atoms with van der Waals surface area (Å²) in [6, 6.07) is 5.74. The average Bonchev–Trinajstić information content (AvgIpc) is 2.85. The SMILES string of the molecule is Cc1cnc(C(C)Nc2ncnc3cc(N)ccc23)s1. The third kappa shape index (κ3) is 2.42. The van der Waals surface area contributed by atoms with Crippen LogP contribution in [0.25, 0.3) is 10.9 Å². The van der Waals surface area contributed by atoms with Crippen LogP contribution in [-0.4, -0.2) is 15.0 Å². The van der Waals surface area contributed by atoms with Gasteiger partial charge in [0.2, 0.25) is 0 Å². The molecule has 2 heterocycles. The van der Waals surface area contributed by atoms with Crippen molar-refractivity contribution in [2.24, 2.45) is 0 Å². The van der Waals surface area contributed by atoms with E-state index in [-0.39, 0.29) is 6.04 Å². The number of hydrogen-bond acceptors (Lipinski definition) is 6. The second-order valence-corrected chi connectivity index (χ2v) is 5.94. The first-order valence-electron chi connectivity index (χ1n) is 6.32. The molecule has 20 heavy (non-hydrogen) atoms. The van der Waals surface area contributed by atoms with E-state index in [1.807, 2.05) is 24.4 Å². The Morgan fingerprint density at radius 3 is 2.85 bits per heavy atom. The minimum absolute atomic E-state index is 0.101. The molecule has 0 aliphatic heterocycles. The minimum atomic E-state index is 0.101. The first-order chi connectivity index (χ1) is 9.63. The number of aryl methyl sites for hydroxylation is 1. The van der Waals surface area contributed by atoms with Gasteiger partial charge in [0.05, 0.1) is 11.6 Å². The van der Waals surface area contributed by atoms with E-state index in [4.69, 9.17) is 5.73 Å². The van der Waals surface area contributed by atoms with Gasteiger partial charge in [-0.1, -0.05) is 0 Å². The number of nitrogens with one attached hydrogen (secondary N) is 1. The van der Waals surface area contributed by atoms with Gasteiger partial charge in [-0.3, -0.25) is 0 Å². The van der Waals surface area contributed by atoms with Gasteiger partial charge in [0.15, 0.2) is 0 Å². The molecule has 0 spiro atoms. The number of nitrogen functional groups attached to an aromatic ring is 1. The summed E-state index contributed by atoms with van der Waals surface area (Å²) in [5.41, 5.74) is 7.32. The number of rotatable bonds is 3. The molecule has 5 nitrogen and oxygen atoms in total. The van der Waals surface area contributed by atoms with Crippen molar-refractivity contribution in [2.75, 3.05) is 11.1 Å². The molecule has 0 aliphatic carbocycles. The summed E-state index contributed by atoms with van der Waals surface area (Å²) in [6.07, 6.45) is 3.43. The Labute approximate surface area is 120 Å². The van der Waals surface area contributed by atoms with E-state index in [1.54, 1.807) is 17.7 Å².